The summed E-state index contributed by atoms with van der Waals surface area (Å²) < 4.78 is 61.2. The van der Waals surface area contributed by atoms with Crippen molar-refractivity contribution in [2.75, 3.05) is 13.2 Å². The van der Waals surface area contributed by atoms with Crippen LogP contribution in [0.2, 0.25) is 0 Å². The quantitative estimate of drug-likeness (QED) is 0.641. The summed E-state index contributed by atoms with van der Waals surface area (Å²) in [4.78, 5) is 14.5. The molecule has 2 bridgehead atoms. The number of hydrogen-bond donors (Lipinski definition) is 1. The number of aromatic amines is 1. The molecular weight excluding hydrogens is 408 g/mol. The van der Waals surface area contributed by atoms with Gasteiger partial charge in [0.1, 0.15) is 17.6 Å². The second-order valence-corrected chi connectivity index (χ2v) is 7.05. The molecule has 0 spiro atoms. The molecule has 0 saturated carbocycles. The van der Waals surface area contributed by atoms with E-state index in [1.807, 2.05) is 4.57 Å². The molecule has 0 radical (unpaired) electrons. The Kier molecular flexibility index (Phi) is 4.13. The Balaban J connectivity index is 1.55. The van der Waals surface area contributed by atoms with Crippen molar-refractivity contribution in [2.45, 2.75) is 24.8 Å². The van der Waals surface area contributed by atoms with Crippen molar-refractivity contribution < 1.29 is 27.1 Å². The molecule has 4 heterocycles. The number of hydrogen-bond acceptors (Lipinski definition) is 5. The van der Waals surface area contributed by atoms with Gasteiger partial charge in [0.15, 0.2) is 11.6 Å². The van der Waals surface area contributed by atoms with Crippen molar-refractivity contribution in [1.82, 2.24) is 29.9 Å². The second kappa shape index (κ2) is 6.62. The number of H-pyrrole nitrogens is 1. The first-order valence-electron chi connectivity index (χ1n) is 9.05. The molecule has 2 aliphatic rings. The minimum absolute atomic E-state index is 0.0733. The lowest BCUT2D eigenvalue weighted by Crippen LogP contribution is -2.56. The lowest BCUT2D eigenvalue weighted by atomic mass is 10.0. The lowest BCUT2D eigenvalue weighted by Gasteiger charge is -2.45. The summed E-state index contributed by atoms with van der Waals surface area (Å²) in [5, 5.41) is 15.0. The average Bonchev–Trinajstić information content (AvgIpc) is 3.35. The molecule has 3 aromatic rings. The van der Waals surface area contributed by atoms with E-state index < -0.39 is 41.1 Å². The van der Waals surface area contributed by atoms with Gasteiger partial charge in [-0.15, -0.1) is 10.2 Å². The molecule has 0 aliphatic carbocycles. The third-order valence-corrected chi connectivity index (χ3v) is 5.30. The van der Waals surface area contributed by atoms with E-state index in [1.165, 1.54) is 4.90 Å². The Morgan fingerprint density at radius 1 is 1.20 bits per heavy atom. The van der Waals surface area contributed by atoms with E-state index in [-0.39, 0.29) is 19.8 Å². The van der Waals surface area contributed by atoms with E-state index in [2.05, 4.69) is 20.4 Å². The number of halogens is 4. The van der Waals surface area contributed by atoms with Crippen LogP contribution in [0.1, 0.15) is 27.8 Å². The number of nitrogens with one attached hydrogen (secondary N) is 1. The standard InChI is InChI=1S/C18H14F4N6O2/c19-14-10(2-1-3-11(14)18(20,21)22)17(29)28-9-6-27-15(12-4-5-23-24-12)25-26-16(27)13(28)8-30-7-9/h1-5,9,13H,6-8H2,(H,23,24)/t9-,13-/m1/s1. The third kappa shape index (κ3) is 2.78. The molecule has 12 heteroatoms. The van der Waals surface area contributed by atoms with Gasteiger partial charge >= 0.3 is 6.18 Å². The van der Waals surface area contributed by atoms with Gasteiger partial charge in [-0.25, -0.2) is 4.39 Å². The summed E-state index contributed by atoms with van der Waals surface area (Å²) in [7, 11) is 0. The van der Waals surface area contributed by atoms with Crippen LogP contribution >= 0.6 is 0 Å². The van der Waals surface area contributed by atoms with Gasteiger partial charge in [-0.3, -0.25) is 9.89 Å². The number of carbonyl (C=O) groups is 1. The number of benzene rings is 1. The van der Waals surface area contributed by atoms with E-state index in [9.17, 15) is 22.4 Å². The van der Waals surface area contributed by atoms with Gasteiger partial charge in [0.25, 0.3) is 5.91 Å². The summed E-state index contributed by atoms with van der Waals surface area (Å²) in [5.41, 5.74) is -1.48. The predicted octanol–water partition coefficient (Wildman–Crippen LogP) is 2.42. The predicted molar refractivity (Wildman–Crippen MR) is 92.5 cm³/mol. The van der Waals surface area contributed by atoms with Crippen LogP contribution in [0.4, 0.5) is 17.6 Å². The molecule has 1 amide bonds. The zero-order valence-electron chi connectivity index (χ0n) is 15.2. The van der Waals surface area contributed by atoms with Crippen molar-refractivity contribution in [3.05, 3.63) is 53.2 Å². The first-order valence-corrected chi connectivity index (χ1v) is 9.05. The maximum absolute atomic E-state index is 14.6. The summed E-state index contributed by atoms with van der Waals surface area (Å²) >= 11 is 0. The van der Waals surface area contributed by atoms with Crippen molar-refractivity contribution in [1.29, 1.82) is 0 Å². The van der Waals surface area contributed by atoms with E-state index >= 15 is 0 Å². The number of morpholine rings is 1. The molecule has 2 atom stereocenters. The Morgan fingerprint density at radius 3 is 2.77 bits per heavy atom. The largest absolute Gasteiger partial charge is 0.419 e. The average molecular weight is 422 g/mol. The zero-order chi connectivity index (χ0) is 21.0. The van der Waals surface area contributed by atoms with E-state index in [4.69, 9.17) is 4.74 Å². The van der Waals surface area contributed by atoms with Crippen LogP contribution in [0.25, 0.3) is 11.5 Å². The van der Waals surface area contributed by atoms with Crippen molar-refractivity contribution in [2.24, 2.45) is 0 Å². The second-order valence-electron chi connectivity index (χ2n) is 7.05. The number of amides is 1. The van der Waals surface area contributed by atoms with Gasteiger partial charge < -0.3 is 14.2 Å². The number of alkyl halides is 3. The Morgan fingerprint density at radius 2 is 2.03 bits per heavy atom. The molecule has 0 unspecified atom stereocenters. The molecule has 8 nitrogen and oxygen atoms in total. The van der Waals surface area contributed by atoms with Gasteiger partial charge in [-0.1, -0.05) is 6.07 Å². The number of fused-ring (bicyclic) bond motifs is 4. The SMILES string of the molecule is O=C(c1cccc(C(F)(F)F)c1F)N1[C@H]2COC[C@@H]1c1nnc(-c3ccn[nH]3)n1C2. The summed E-state index contributed by atoms with van der Waals surface area (Å²) in [6.07, 6.45) is -3.34. The minimum Gasteiger partial charge on any atom is -0.377 e. The molecule has 1 saturated heterocycles. The van der Waals surface area contributed by atoms with Crippen molar-refractivity contribution >= 4 is 5.91 Å². The smallest absolute Gasteiger partial charge is 0.377 e. The number of ether oxygens (including phenoxy) is 1. The fourth-order valence-electron chi connectivity index (χ4n) is 3.96. The van der Waals surface area contributed by atoms with Crippen LogP contribution in [-0.4, -0.2) is 55.0 Å². The molecule has 1 aromatic carbocycles. The zero-order valence-corrected chi connectivity index (χ0v) is 15.2. The highest BCUT2D eigenvalue weighted by Gasteiger charge is 2.45. The summed E-state index contributed by atoms with van der Waals surface area (Å²) in [5.74, 6) is -1.48. The molecule has 1 fully saturated rings. The van der Waals surface area contributed by atoms with E-state index in [0.29, 0.717) is 23.4 Å². The maximum Gasteiger partial charge on any atom is 0.419 e. The molecule has 5 rings (SSSR count). The van der Waals surface area contributed by atoms with Crippen LogP contribution in [-0.2, 0) is 17.5 Å². The highest BCUT2D eigenvalue weighted by Crippen LogP contribution is 2.37. The van der Waals surface area contributed by atoms with Crippen molar-refractivity contribution in [3.63, 3.8) is 0 Å². The topological polar surface area (TPSA) is 88.9 Å². The highest BCUT2D eigenvalue weighted by atomic mass is 19.4. The molecule has 156 valence electrons. The van der Waals surface area contributed by atoms with Crippen LogP contribution < -0.4 is 0 Å². The van der Waals surface area contributed by atoms with Gasteiger partial charge in [-0.2, -0.15) is 18.3 Å². The van der Waals surface area contributed by atoms with E-state index in [0.717, 1.165) is 12.1 Å². The summed E-state index contributed by atoms with van der Waals surface area (Å²) in [6, 6.07) is 3.18. The van der Waals surface area contributed by atoms with Gasteiger partial charge in [-0.05, 0) is 18.2 Å². The minimum atomic E-state index is -4.90. The number of carbonyl (C=O) groups excluding carboxylic acids is 1. The molecular formula is C18H14F4N6O2. The van der Waals surface area contributed by atoms with Crippen LogP contribution in [0.15, 0.2) is 30.5 Å². The van der Waals surface area contributed by atoms with Crippen LogP contribution in [0.5, 0.6) is 0 Å². The first-order chi connectivity index (χ1) is 14.4. The molecule has 2 aliphatic heterocycles. The van der Waals surface area contributed by atoms with Gasteiger partial charge in [0.05, 0.1) is 30.4 Å². The Labute approximate surface area is 166 Å². The van der Waals surface area contributed by atoms with Gasteiger partial charge in [0, 0.05) is 12.7 Å². The number of rotatable bonds is 2. The maximum atomic E-state index is 14.6. The Bertz CT molecular complexity index is 1110. The van der Waals surface area contributed by atoms with Crippen molar-refractivity contribution in [3.8, 4) is 11.5 Å². The van der Waals surface area contributed by atoms with E-state index in [1.54, 1.807) is 12.3 Å². The summed E-state index contributed by atoms with van der Waals surface area (Å²) in [6.45, 7) is 0.478. The molecule has 2 aromatic heterocycles. The monoisotopic (exact) mass is 422 g/mol. The fourth-order valence-corrected chi connectivity index (χ4v) is 3.96. The first kappa shape index (κ1) is 18.7. The molecule has 1 N–H and O–H groups in total. The number of nitrogens with zero attached hydrogens (tertiary/aromatic N) is 5. The fraction of sp³-hybridized carbons (Fsp3) is 0.333. The number of aromatic nitrogens is 5. The normalized spacial score (nSPS) is 20.9. The lowest BCUT2D eigenvalue weighted by molar-refractivity contribution is -0.140. The Hall–Kier alpha value is -3.28. The van der Waals surface area contributed by atoms with Crippen LogP contribution in [0.3, 0.4) is 0 Å². The highest BCUT2D eigenvalue weighted by molar-refractivity contribution is 5.95. The van der Waals surface area contributed by atoms with Crippen LogP contribution in [0, 0.1) is 5.82 Å². The third-order valence-electron chi connectivity index (χ3n) is 5.30. The molecule has 30 heavy (non-hydrogen) atoms. The van der Waals surface area contributed by atoms with Gasteiger partial charge in [0.2, 0.25) is 0 Å².